The molecule has 2 rings (SSSR count). The summed E-state index contributed by atoms with van der Waals surface area (Å²) in [6.07, 6.45) is 2.34. The van der Waals surface area contributed by atoms with Crippen molar-refractivity contribution in [2.75, 3.05) is 12.4 Å². The molecule has 0 radical (unpaired) electrons. The molecule has 23 heavy (non-hydrogen) atoms. The number of nitrogens with one attached hydrogen (secondary N) is 1. The maximum Gasteiger partial charge on any atom is 0.271 e. The summed E-state index contributed by atoms with van der Waals surface area (Å²) in [5, 5.41) is 24.6. The van der Waals surface area contributed by atoms with Crippen molar-refractivity contribution in [2.24, 2.45) is 11.8 Å². The van der Waals surface area contributed by atoms with Gasteiger partial charge in [0.05, 0.1) is 17.7 Å². The molecule has 1 N–H and O–H groups in total. The summed E-state index contributed by atoms with van der Waals surface area (Å²) < 4.78 is 5.08. The largest absolute Gasteiger partial charge is 0.550 e. The number of carboxylic acids is 1. The molecular formula is C15H17N2O6-. The number of hydrogen-bond donors (Lipinski definition) is 1. The number of nitro groups is 1. The van der Waals surface area contributed by atoms with Crippen molar-refractivity contribution in [1.82, 2.24) is 0 Å². The standard InChI is InChI=1S/C15H18N2O6/c1-23-13-7-6-9(17(21)22)8-12(13)16-14(18)10-4-2-3-5-11(10)15(19)20/h6-8,10-11H,2-5H2,1H3,(H,16,18)(H,19,20)/p-1/t10-,11-/m0/s1. The van der Waals surface area contributed by atoms with Gasteiger partial charge >= 0.3 is 0 Å². The molecular weight excluding hydrogens is 304 g/mol. The number of nitro benzene ring substituents is 1. The first-order chi connectivity index (χ1) is 10.9. The third-order valence-electron chi connectivity index (χ3n) is 4.06. The molecule has 0 aliphatic heterocycles. The fourth-order valence-electron chi connectivity index (χ4n) is 2.86. The fraction of sp³-hybridized carbons (Fsp3) is 0.467. The van der Waals surface area contributed by atoms with E-state index in [0.717, 1.165) is 12.8 Å². The Morgan fingerprint density at radius 3 is 2.48 bits per heavy atom. The highest BCUT2D eigenvalue weighted by molar-refractivity contribution is 5.96. The molecule has 8 heteroatoms. The second-order valence-electron chi connectivity index (χ2n) is 5.45. The van der Waals surface area contributed by atoms with Crippen LogP contribution in [0.5, 0.6) is 5.75 Å². The van der Waals surface area contributed by atoms with E-state index < -0.39 is 28.6 Å². The zero-order valence-electron chi connectivity index (χ0n) is 12.6. The Bertz CT molecular complexity index is 630. The molecule has 0 spiro atoms. The molecule has 0 unspecified atom stereocenters. The number of amides is 1. The van der Waals surface area contributed by atoms with Gasteiger partial charge in [0.1, 0.15) is 5.75 Å². The van der Waals surface area contributed by atoms with Gasteiger partial charge in [-0.3, -0.25) is 14.9 Å². The van der Waals surface area contributed by atoms with Crippen molar-refractivity contribution < 1.29 is 24.4 Å². The minimum atomic E-state index is -1.24. The molecule has 0 heterocycles. The number of nitrogens with zero attached hydrogens (tertiary/aromatic N) is 1. The Labute approximate surface area is 132 Å². The van der Waals surface area contributed by atoms with E-state index in [9.17, 15) is 24.8 Å². The molecule has 1 fully saturated rings. The summed E-state index contributed by atoms with van der Waals surface area (Å²) in [6.45, 7) is 0. The van der Waals surface area contributed by atoms with Gasteiger partial charge in [-0.15, -0.1) is 0 Å². The van der Waals surface area contributed by atoms with Crippen LogP contribution in [0.1, 0.15) is 25.7 Å². The Morgan fingerprint density at radius 2 is 1.91 bits per heavy atom. The van der Waals surface area contributed by atoms with Gasteiger partial charge in [0.25, 0.3) is 5.69 Å². The molecule has 1 aliphatic carbocycles. The number of aliphatic carboxylic acids is 1. The van der Waals surface area contributed by atoms with E-state index in [2.05, 4.69) is 5.32 Å². The van der Waals surface area contributed by atoms with Gasteiger partial charge in [-0.25, -0.2) is 0 Å². The highest BCUT2D eigenvalue weighted by Gasteiger charge is 2.32. The van der Waals surface area contributed by atoms with Crippen LogP contribution in [-0.2, 0) is 9.59 Å². The third kappa shape index (κ3) is 3.77. The van der Waals surface area contributed by atoms with Crippen molar-refractivity contribution in [3.05, 3.63) is 28.3 Å². The van der Waals surface area contributed by atoms with Crippen molar-refractivity contribution in [1.29, 1.82) is 0 Å². The zero-order valence-corrected chi connectivity index (χ0v) is 12.6. The summed E-state index contributed by atoms with van der Waals surface area (Å²) in [7, 11) is 1.38. The molecule has 0 saturated heterocycles. The molecule has 0 aromatic heterocycles. The molecule has 1 aromatic rings. The van der Waals surface area contributed by atoms with E-state index in [4.69, 9.17) is 4.74 Å². The number of ether oxygens (including phenoxy) is 1. The van der Waals surface area contributed by atoms with Crippen molar-refractivity contribution in [3.8, 4) is 5.75 Å². The Morgan fingerprint density at radius 1 is 1.26 bits per heavy atom. The lowest BCUT2D eigenvalue weighted by Gasteiger charge is -2.31. The van der Waals surface area contributed by atoms with Gasteiger partial charge in [-0.2, -0.15) is 0 Å². The second-order valence-corrected chi connectivity index (χ2v) is 5.45. The normalized spacial score (nSPS) is 20.6. The van der Waals surface area contributed by atoms with Crippen LogP contribution in [0.2, 0.25) is 0 Å². The van der Waals surface area contributed by atoms with E-state index in [1.54, 1.807) is 0 Å². The predicted molar refractivity (Wildman–Crippen MR) is 78.7 cm³/mol. The Hall–Kier alpha value is -2.64. The molecule has 1 aromatic carbocycles. The van der Waals surface area contributed by atoms with E-state index in [1.165, 1.54) is 25.3 Å². The lowest BCUT2D eigenvalue weighted by molar-refractivity contribution is -0.384. The Balaban J connectivity index is 2.23. The highest BCUT2D eigenvalue weighted by Crippen LogP contribution is 2.33. The van der Waals surface area contributed by atoms with Gasteiger partial charge in [0.2, 0.25) is 5.91 Å². The van der Waals surface area contributed by atoms with Crippen LogP contribution in [0.15, 0.2) is 18.2 Å². The van der Waals surface area contributed by atoms with E-state index >= 15 is 0 Å². The molecule has 1 aliphatic rings. The molecule has 1 amide bonds. The van der Waals surface area contributed by atoms with E-state index in [1.807, 2.05) is 0 Å². The number of rotatable bonds is 5. The molecule has 1 saturated carbocycles. The van der Waals surface area contributed by atoms with Crippen LogP contribution in [0.4, 0.5) is 11.4 Å². The number of methoxy groups -OCH3 is 1. The quantitative estimate of drug-likeness (QED) is 0.640. The monoisotopic (exact) mass is 321 g/mol. The maximum absolute atomic E-state index is 12.4. The lowest BCUT2D eigenvalue weighted by Crippen LogP contribution is -2.42. The fourth-order valence-corrected chi connectivity index (χ4v) is 2.86. The third-order valence-corrected chi connectivity index (χ3v) is 4.06. The first-order valence-electron chi connectivity index (χ1n) is 7.28. The van der Waals surface area contributed by atoms with Gasteiger partial charge in [0, 0.05) is 29.9 Å². The average molecular weight is 321 g/mol. The molecule has 8 nitrogen and oxygen atoms in total. The van der Waals surface area contributed by atoms with Crippen molar-refractivity contribution in [3.63, 3.8) is 0 Å². The van der Waals surface area contributed by atoms with Crippen molar-refractivity contribution in [2.45, 2.75) is 25.7 Å². The number of non-ortho nitro benzene ring substituents is 1. The Kier molecular flexibility index (Phi) is 5.15. The van der Waals surface area contributed by atoms with Crippen LogP contribution in [0.3, 0.4) is 0 Å². The lowest BCUT2D eigenvalue weighted by atomic mass is 9.78. The number of hydrogen-bond acceptors (Lipinski definition) is 6. The first kappa shape index (κ1) is 16.7. The first-order valence-corrected chi connectivity index (χ1v) is 7.28. The predicted octanol–water partition coefficient (Wildman–Crippen LogP) is 1.10. The summed E-state index contributed by atoms with van der Waals surface area (Å²) >= 11 is 0. The van der Waals surface area contributed by atoms with Crippen LogP contribution in [0, 0.1) is 22.0 Å². The van der Waals surface area contributed by atoms with Gasteiger partial charge in [-0.05, 0) is 18.9 Å². The summed E-state index contributed by atoms with van der Waals surface area (Å²) in [6, 6.07) is 3.83. The number of carboxylic acid groups (broad SMARTS) is 1. The number of benzene rings is 1. The summed E-state index contributed by atoms with van der Waals surface area (Å²) in [4.78, 5) is 33.9. The van der Waals surface area contributed by atoms with Gasteiger partial charge in [-0.1, -0.05) is 12.8 Å². The number of anilines is 1. The van der Waals surface area contributed by atoms with Crippen molar-refractivity contribution >= 4 is 23.3 Å². The average Bonchev–Trinajstić information content (AvgIpc) is 2.54. The maximum atomic E-state index is 12.4. The van der Waals surface area contributed by atoms with E-state index in [0.29, 0.717) is 12.8 Å². The smallest absolute Gasteiger partial charge is 0.271 e. The van der Waals surface area contributed by atoms with E-state index in [-0.39, 0.29) is 17.1 Å². The topological polar surface area (TPSA) is 122 Å². The van der Waals surface area contributed by atoms with Gasteiger partial charge < -0.3 is 20.0 Å². The van der Waals surface area contributed by atoms with Crippen LogP contribution in [0.25, 0.3) is 0 Å². The summed E-state index contributed by atoms with van der Waals surface area (Å²) in [5.41, 5.74) is -0.0458. The van der Waals surface area contributed by atoms with Crippen LogP contribution in [-0.4, -0.2) is 23.9 Å². The summed E-state index contributed by atoms with van der Waals surface area (Å²) in [5.74, 6) is -3.01. The highest BCUT2D eigenvalue weighted by atomic mass is 16.6. The minimum Gasteiger partial charge on any atom is -0.550 e. The zero-order chi connectivity index (χ0) is 17.0. The molecule has 2 atom stereocenters. The second kappa shape index (κ2) is 7.08. The number of carbonyl (C=O) groups excluding carboxylic acids is 2. The minimum absolute atomic E-state index is 0.148. The SMILES string of the molecule is COc1ccc([N+](=O)[O-])cc1NC(=O)[C@H]1CCCC[C@@H]1C(=O)[O-]. The van der Waals surface area contributed by atoms with Gasteiger partial charge in [0.15, 0.2) is 0 Å². The molecule has 0 bridgehead atoms. The number of carbonyl (C=O) groups is 2. The molecule has 124 valence electrons. The van der Waals surface area contributed by atoms with Crippen LogP contribution >= 0.6 is 0 Å². The van der Waals surface area contributed by atoms with Crippen LogP contribution < -0.4 is 15.2 Å².